The maximum absolute atomic E-state index is 11.2. The second-order valence-corrected chi connectivity index (χ2v) is 3.36. The van der Waals surface area contributed by atoms with Gasteiger partial charge in [-0.15, -0.1) is 0 Å². The van der Waals surface area contributed by atoms with Crippen LogP contribution in [0, 0.1) is 6.92 Å². The number of benzene rings is 1. The molecule has 4 nitrogen and oxygen atoms in total. The summed E-state index contributed by atoms with van der Waals surface area (Å²) in [5.41, 5.74) is 1.69. The molecule has 0 amide bonds. The Morgan fingerprint density at radius 2 is 2.07 bits per heavy atom. The van der Waals surface area contributed by atoms with Crippen LogP contribution in [0.25, 0.3) is 0 Å². The van der Waals surface area contributed by atoms with E-state index >= 15 is 0 Å². The highest BCUT2D eigenvalue weighted by molar-refractivity contribution is 5.83. The molecule has 15 heavy (non-hydrogen) atoms. The first-order valence-corrected chi connectivity index (χ1v) is 4.62. The molecule has 0 fully saturated rings. The number of rotatable bonds is 2. The van der Waals surface area contributed by atoms with E-state index in [0.717, 1.165) is 11.1 Å². The van der Waals surface area contributed by atoms with E-state index in [2.05, 4.69) is 0 Å². The van der Waals surface area contributed by atoms with Gasteiger partial charge in [0.15, 0.2) is 0 Å². The highest BCUT2D eigenvalue weighted by Gasteiger charge is 2.27. The van der Waals surface area contributed by atoms with Crippen LogP contribution in [0.5, 0.6) is 17.2 Å². The van der Waals surface area contributed by atoms with Gasteiger partial charge in [-0.3, -0.25) is 4.79 Å². The van der Waals surface area contributed by atoms with E-state index in [-0.39, 0.29) is 12.4 Å². The normalized spacial score (nSPS) is 13.4. The molecule has 0 unspecified atom stereocenters. The zero-order valence-corrected chi connectivity index (χ0v) is 8.92. The predicted octanol–water partition coefficient (Wildman–Crippen LogP) is 1.47. The Balaban J connectivity index is 2.62. The van der Waals surface area contributed by atoms with E-state index in [1.165, 1.54) is 0 Å². The van der Waals surface area contributed by atoms with E-state index in [1.54, 1.807) is 20.3 Å². The molecule has 0 N–H and O–H groups in total. The topological polar surface area (TPSA) is 44.8 Å². The number of methoxy groups -OCH3 is 2. The van der Waals surface area contributed by atoms with E-state index in [9.17, 15) is 4.79 Å². The van der Waals surface area contributed by atoms with Crippen LogP contribution in [-0.4, -0.2) is 20.2 Å². The fourth-order valence-electron chi connectivity index (χ4n) is 1.81. The van der Waals surface area contributed by atoms with Gasteiger partial charge >= 0.3 is 5.97 Å². The summed E-state index contributed by atoms with van der Waals surface area (Å²) >= 11 is 0. The third-order valence-electron chi connectivity index (χ3n) is 2.51. The highest BCUT2D eigenvalue weighted by atomic mass is 16.5. The molecule has 0 bridgehead atoms. The van der Waals surface area contributed by atoms with Crippen LogP contribution in [0.15, 0.2) is 6.07 Å². The molecule has 0 atom stereocenters. The number of fused-ring (bicyclic) bond motifs is 1. The van der Waals surface area contributed by atoms with Gasteiger partial charge in [-0.25, -0.2) is 0 Å². The van der Waals surface area contributed by atoms with E-state index in [1.807, 2.05) is 6.92 Å². The summed E-state index contributed by atoms with van der Waals surface area (Å²) in [7, 11) is 3.15. The molecule has 0 spiro atoms. The third-order valence-corrected chi connectivity index (χ3v) is 2.51. The first kappa shape index (κ1) is 9.83. The Morgan fingerprint density at radius 1 is 1.33 bits per heavy atom. The minimum Gasteiger partial charge on any atom is -0.496 e. The number of hydrogen-bond acceptors (Lipinski definition) is 4. The van der Waals surface area contributed by atoms with Crippen LogP contribution in [0.4, 0.5) is 0 Å². The zero-order chi connectivity index (χ0) is 11.0. The standard InChI is InChI=1S/C11H12O4/c1-6-8(13-2)5-9-7(11(6)14-3)4-10(12)15-9/h5H,4H2,1-3H3. The average molecular weight is 208 g/mol. The minimum absolute atomic E-state index is 0.254. The zero-order valence-electron chi connectivity index (χ0n) is 8.92. The van der Waals surface area contributed by atoms with Crippen molar-refractivity contribution in [1.29, 1.82) is 0 Å². The van der Waals surface area contributed by atoms with Crippen molar-refractivity contribution in [3.05, 3.63) is 17.2 Å². The summed E-state index contributed by atoms with van der Waals surface area (Å²) in [6.07, 6.45) is 0.267. The van der Waals surface area contributed by atoms with Crippen molar-refractivity contribution in [2.75, 3.05) is 14.2 Å². The molecule has 1 aliphatic heterocycles. The largest absolute Gasteiger partial charge is 0.496 e. The van der Waals surface area contributed by atoms with Crippen LogP contribution in [-0.2, 0) is 11.2 Å². The van der Waals surface area contributed by atoms with Gasteiger partial charge in [-0.05, 0) is 6.92 Å². The first-order chi connectivity index (χ1) is 7.17. The lowest BCUT2D eigenvalue weighted by molar-refractivity contribution is -0.131. The Bertz CT molecular complexity index is 423. The van der Waals surface area contributed by atoms with Crippen LogP contribution in [0.1, 0.15) is 11.1 Å². The molecule has 80 valence electrons. The Kier molecular flexibility index (Phi) is 2.26. The maximum atomic E-state index is 11.2. The lowest BCUT2D eigenvalue weighted by atomic mass is 10.1. The Hall–Kier alpha value is -1.71. The van der Waals surface area contributed by atoms with Crippen molar-refractivity contribution in [1.82, 2.24) is 0 Å². The molecule has 1 heterocycles. The van der Waals surface area contributed by atoms with Crippen LogP contribution in [0.3, 0.4) is 0 Å². The maximum Gasteiger partial charge on any atom is 0.315 e. The Morgan fingerprint density at radius 3 is 2.67 bits per heavy atom. The first-order valence-electron chi connectivity index (χ1n) is 4.62. The average Bonchev–Trinajstić information content (AvgIpc) is 2.57. The number of hydrogen-bond donors (Lipinski definition) is 0. The van der Waals surface area contributed by atoms with E-state index in [4.69, 9.17) is 14.2 Å². The van der Waals surface area contributed by atoms with Crippen molar-refractivity contribution in [2.24, 2.45) is 0 Å². The van der Waals surface area contributed by atoms with Crippen LogP contribution < -0.4 is 14.2 Å². The molecule has 0 saturated heterocycles. The summed E-state index contributed by atoms with van der Waals surface area (Å²) in [4.78, 5) is 11.2. The van der Waals surface area contributed by atoms with Crippen LogP contribution in [0.2, 0.25) is 0 Å². The van der Waals surface area contributed by atoms with Gasteiger partial charge in [-0.2, -0.15) is 0 Å². The molecule has 1 aromatic carbocycles. The van der Waals surface area contributed by atoms with Crippen molar-refractivity contribution in [2.45, 2.75) is 13.3 Å². The smallest absolute Gasteiger partial charge is 0.315 e. The second-order valence-electron chi connectivity index (χ2n) is 3.36. The number of carbonyl (C=O) groups is 1. The lowest BCUT2D eigenvalue weighted by Crippen LogP contribution is -2.00. The third kappa shape index (κ3) is 1.42. The summed E-state index contributed by atoms with van der Waals surface area (Å²) < 4.78 is 15.5. The molecule has 1 aromatic rings. The second kappa shape index (κ2) is 3.46. The van der Waals surface area contributed by atoms with Gasteiger partial charge in [0.1, 0.15) is 17.2 Å². The Labute approximate surface area is 87.8 Å². The van der Waals surface area contributed by atoms with Gasteiger partial charge in [0.25, 0.3) is 0 Å². The molecule has 0 aromatic heterocycles. The quantitative estimate of drug-likeness (QED) is 0.545. The molecular formula is C11H12O4. The molecule has 0 aliphatic carbocycles. The summed E-state index contributed by atoms with van der Waals surface area (Å²) in [6, 6.07) is 1.72. The lowest BCUT2D eigenvalue weighted by Gasteiger charge is -2.12. The van der Waals surface area contributed by atoms with Crippen molar-refractivity contribution in [3.63, 3.8) is 0 Å². The molecule has 0 radical (unpaired) electrons. The summed E-state index contributed by atoms with van der Waals surface area (Å²) in [5.74, 6) is 1.63. The monoisotopic (exact) mass is 208 g/mol. The summed E-state index contributed by atoms with van der Waals surface area (Å²) in [6.45, 7) is 1.89. The van der Waals surface area contributed by atoms with Crippen molar-refractivity contribution in [3.8, 4) is 17.2 Å². The van der Waals surface area contributed by atoms with Crippen molar-refractivity contribution >= 4 is 5.97 Å². The number of ether oxygens (including phenoxy) is 3. The molecule has 4 heteroatoms. The molecular weight excluding hydrogens is 196 g/mol. The number of carbonyl (C=O) groups excluding carboxylic acids is 1. The van der Waals surface area contributed by atoms with E-state index < -0.39 is 0 Å². The van der Waals surface area contributed by atoms with Gasteiger partial charge < -0.3 is 14.2 Å². The molecule has 0 saturated carbocycles. The molecule has 2 rings (SSSR count). The van der Waals surface area contributed by atoms with Gasteiger partial charge in [0.05, 0.1) is 20.6 Å². The highest BCUT2D eigenvalue weighted by Crippen LogP contribution is 2.41. The SMILES string of the molecule is COc1cc2c(c(OC)c1C)CC(=O)O2. The van der Waals surface area contributed by atoms with E-state index in [0.29, 0.717) is 17.2 Å². The predicted molar refractivity (Wildman–Crippen MR) is 53.6 cm³/mol. The van der Waals surface area contributed by atoms with Crippen molar-refractivity contribution < 1.29 is 19.0 Å². The van der Waals surface area contributed by atoms with Crippen LogP contribution >= 0.6 is 0 Å². The minimum atomic E-state index is -0.254. The fourth-order valence-corrected chi connectivity index (χ4v) is 1.81. The fraction of sp³-hybridized carbons (Fsp3) is 0.364. The summed E-state index contributed by atoms with van der Waals surface area (Å²) in [5, 5.41) is 0. The molecule has 1 aliphatic rings. The van der Waals surface area contributed by atoms with Gasteiger partial charge in [-0.1, -0.05) is 0 Å². The van der Waals surface area contributed by atoms with Gasteiger partial charge in [0, 0.05) is 17.2 Å². The number of esters is 1. The van der Waals surface area contributed by atoms with Gasteiger partial charge in [0.2, 0.25) is 0 Å².